The molecular formula is C16H15BrO2. The topological polar surface area (TPSA) is 26.3 Å². The number of Topliss-reactive ketones (excluding diaryl/α,β-unsaturated/α-hetero) is 1. The predicted molar refractivity (Wildman–Crippen MR) is 79.5 cm³/mol. The second kappa shape index (κ2) is 5.43. The van der Waals surface area contributed by atoms with E-state index in [1.54, 1.807) is 0 Å². The van der Waals surface area contributed by atoms with Crippen molar-refractivity contribution in [1.29, 1.82) is 0 Å². The molecule has 1 saturated heterocycles. The maximum atomic E-state index is 12.6. The summed E-state index contributed by atoms with van der Waals surface area (Å²) in [5.74, 6) is 0.224. The Morgan fingerprint density at radius 3 is 2.68 bits per heavy atom. The van der Waals surface area contributed by atoms with E-state index in [0.29, 0.717) is 6.61 Å². The molecule has 0 radical (unpaired) electrons. The quantitative estimate of drug-likeness (QED) is 0.775. The van der Waals surface area contributed by atoms with Crippen LogP contribution in [0.2, 0.25) is 0 Å². The van der Waals surface area contributed by atoms with E-state index < -0.39 is 0 Å². The molecule has 98 valence electrons. The van der Waals surface area contributed by atoms with E-state index in [0.717, 1.165) is 40.3 Å². The van der Waals surface area contributed by atoms with Crippen molar-refractivity contribution in [3.8, 4) is 0 Å². The number of hydrogen-bond acceptors (Lipinski definition) is 2. The largest absolute Gasteiger partial charge is 0.381 e. The van der Waals surface area contributed by atoms with Crippen molar-refractivity contribution in [2.45, 2.75) is 12.8 Å². The second-order valence-corrected chi connectivity index (χ2v) is 5.77. The Hall–Kier alpha value is -1.19. The molecule has 0 bridgehead atoms. The third-order valence-corrected chi connectivity index (χ3v) is 4.36. The van der Waals surface area contributed by atoms with Gasteiger partial charge in [-0.25, -0.2) is 0 Å². The summed E-state index contributed by atoms with van der Waals surface area (Å²) in [5, 5.41) is 2.11. The molecule has 0 aromatic heterocycles. The number of fused-ring (bicyclic) bond motifs is 1. The molecule has 2 nitrogen and oxygen atoms in total. The summed E-state index contributed by atoms with van der Waals surface area (Å²) in [6.07, 6.45) is 1.91. The molecule has 0 saturated carbocycles. The number of rotatable bonds is 2. The van der Waals surface area contributed by atoms with E-state index in [1.807, 2.05) is 36.4 Å². The lowest BCUT2D eigenvalue weighted by molar-refractivity contribution is 0.0462. The second-order valence-electron chi connectivity index (χ2n) is 4.92. The Morgan fingerprint density at radius 1 is 1.16 bits per heavy atom. The van der Waals surface area contributed by atoms with Crippen molar-refractivity contribution in [2.24, 2.45) is 5.92 Å². The van der Waals surface area contributed by atoms with Gasteiger partial charge in [0.1, 0.15) is 0 Å². The maximum absolute atomic E-state index is 12.6. The van der Waals surface area contributed by atoms with Gasteiger partial charge in [0, 0.05) is 22.6 Å². The Balaban J connectivity index is 2.05. The molecule has 1 heterocycles. The summed E-state index contributed by atoms with van der Waals surface area (Å²) in [7, 11) is 0. The van der Waals surface area contributed by atoms with Crippen molar-refractivity contribution in [2.75, 3.05) is 13.2 Å². The van der Waals surface area contributed by atoms with Crippen molar-refractivity contribution in [3.63, 3.8) is 0 Å². The number of benzene rings is 2. The van der Waals surface area contributed by atoms with E-state index in [4.69, 9.17) is 4.74 Å². The Kier molecular flexibility index (Phi) is 3.67. The summed E-state index contributed by atoms with van der Waals surface area (Å²) in [6, 6.07) is 11.9. The van der Waals surface area contributed by atoms with Crippen LogP contribution in [-0.4, -0.2) is 19.0 Å². The highest BCUT2D eigenvalue weighted by Crippen LogP contribution is 2.29. The summed E-state index contributed by atoms with van der Waals surface area (Å²) >= 11 is 3.54. The van der Waals surface area contributed by atoms with Crippen LogP contribution in [0.25, 0.3) is 10.8 Å². The van der Waals surface area contributed by atoms with Crippen LogP contribution in [-0.2, 0) is 4.74 Å². The number of carbonyl (C=O) groups excluding carboxylic acids is 1. The highest BCUT2D eigenvalue weighted by molar-refractivity contribution is 9.10. The van der Waals surface area contributed by atoms with Gasteiger partial charge in [0.2, 0.25) is 0 Å². The molecular weight excluding hydrogens is 304 g/mol. The van der Waals surface area contributed by atoms with Crippen LogP contribution in [0.3, 0.4) is 0 Å². The third kappa shape index (κ3) is 2.45. The molecule has 3 rings (SSSR count). The first-order valence-electron chi connectivity index (χ1n) is 6.56. The number of carbonyl (C=O) groups is 1. The number of halogens is 1. The minimum absolute atomic E-state index is 0.0123. The Labute approximate surface area is 120 Å². The first kappa shape index (κ1) is 12.8. The highest BCUT2D eigenvalue weighted by Gasteiger charge is 2.24. The van der Waals surface area contributed by atoms with Gasteiger partial charge in [-0.1, -0.05) is 40.2 Å². The van der Waals surface area contributed by atoms with Crippen molar-refractivity contribution < 1.29 is 9.53 Å². The summed E-state index contributed by atoms with van der Waals surface area (Å²) in [5.41, 5.74) is 0.814. The number of hydrogen-bond donors (Lipinski definition) is 0. The lowest BCUT2D eigenvalue weighted by Gasteiger charge is -2.21. The van der Waals surface area contributed by atoms with E-state index in [9.17, 15) is 4.79 Å². The molecule has 0 spiro atoms. The van der Waals surface area contributed by atoms with Crippen LogP contribution in [0.4, 0.5) is 0 Å². The zero-order valence-electron chi connectivity index (χ0n) is 10.6. The van der Waals surface area contributed by atoms with Crippen LogP contribution in [0.15, 0.2) is 40.9 Å². The highest BCUT2D eigenvalue weighted by atomic mass is 79.9. The SMILES string of the molecule is O=C(c1ccc(Br)c2ccccc12)C1CCCOC1. The molecule has 0 aliphatic carbocycles. The first-order valence-corrected chi connectivity index (χ1v) is 7.36. The van der Waals surface area contributed by atoms with E-state index >= 15 is 0 Å². The van der Waals surface area contributed by atoms with Crippen molar-refractivity contribution in [3.05, 3.63) is 46.4 Å². The van der Waals surface area contributed by atoms with Gasteiger partial charge in [-0.05, 0) is 35.7 Å². The van der Waals surface area contributed by atoms with Crippen LogP contribution in [0, 0.1) is 5.92 Å². The third-order valence-electron chi connectivity index (χ3n) is 3.67. The first-order chi connectivity index (χ1) is 9.27. The van der Waals surface area contributed by atoms with Crippen LogP contribution < -0.4 is 0 Å². The van der Waals surface area contributed by atoms with Crippen molar-refractivity contribution in [1.82, 2.24) is 0 Å². The van der Waals surface area contributed by atoms with Gasteiger partial charge in [0.15, 0.2) is 5.78 Å². The molecule has 1 fully saturated rings. The average molecular weight is 319 g/mol. The molecule has 1 unspecified atom stereocenters. The van der Waals surface area contributed by atoms with Gasteiger partial charge in [0.25, 0.3) is 0 Å². The molecule has 19 heavy (non-hydrogen) atoms. The molecule has 3 heteroatoms. The van der Waals surface area contributed by atoms with E-state index in [1.165, 1.54) is 0 Å². The molecule has 0 amide bonds. The molecule has 1 aliphatic heterocycles. The van der Waals surface area contributed by atoms with E-state index in [-0.39, 0.29) is 11.7 Å². The predicted octanol–water partition coefficient (Wildman–Crippen LogP) is 4.21. The molecule has 2 aromatic carbocycles. The Morgan fingerprint density at radius 2 is 1.95 bits per heavy atom. The molecule has 1 aliphatic rings. The summed E-state index contributed by atoms with van der Waals surface area (Å²) < 4.78 is 6.46. The lowest BCUT2D eigenvalue weighted by atomic mass is 9.90. The van der Waals surface area contributed by atoms with Gasteiger partial charge in [-0.2, -0.15) is 0 Å². The number of ether oxygens (including phenoxy) is 1. The zero-order chi connectivity index (χ0) is 13.2. The fourth-order valence-corrected chi connectivity index (χ4v) is 3.12. The lowest BCUT2D eigenvalue weighted by Crippen LogP contribution is -2.25. The molecule has 0 N–H and O–H groups in total. The monoisotopic (exact) mass is 318 g/mol. The fourth-order valence-electron chi connectivity index (χ4n) is 2.64. The normalized spacial score (nSPS) is 19.5. The average Bonchev–Trinajstić information content (AvgIpc) is 2.48. The van der Waals surface area contributed by atoms with Crippen LogP contribution in [0.5, 0.6) is 0 Å². The van der Waals surface area contributed by atoms with Crippen LogP contribution >= 0.6 is 15.9 Å². The maximum Gasteiger partial charge on any atom is 0.168 e. The fraction of sp³-hybridized carbons (Fsp3) is 0.312. The van der Waals surface area contributed by atoms with Gasteiger partial charge >= 0.3 is 0 Å². The number of ketones is 1. The smallest absolute Gasteiger partial charge is 0.168 e. The summed E-state index contributed by atoms with van der Waals surface area (Å²) in [4.78, 5) is 12.6. The van der Waals surface area contributed by atoms with Crippen molar-refractivity contribution >= 4 is 32.5 Å². The molecule has 1 atom stereocenters. The minimum atomic E-state index is 0.0123. The standard InChI is InChI=1S/C16H15BrO2/c17-15-8-7-14(12-5-1-2-6-13(12)15)16(18)11-4-3-9-19-10-11/h1-2,5-8,11H,3-4,9-10H2. The summed E-state index contributed by atoms with van der Waals surface area (Å²) in [6.45, 7) is 1.34. The van der Waals surface area contributed by atoms with Gasteiger partial charge in [-0.3, -0.25) is 4.79 Å². The van der Waals surface area contributed by atoms with Gasteiger partial charge in [0.05, 0.1) is 6.61 Å². The molecule has 2 aromatic rings. The van der Waals surface area contributed by atoms with Crippen LogP contribution in [0.1, 0.15) is 23.2 Å². The van der Waals surface area contributed by atoms with Gasteiger partial charge in [-0.15, -0.1) is 0 Å². The van der Waals surface area contributed by atoms with Gasteiger partial charge < -0.3 is 4.74 Å². The minimum Gasteiger partial charge on any atom is -0.381 e. The Bertz CT molecular complexity index is 615. The van der Waals surface area contributed by atoms with E-state index in [2.05, 4.69) is 15.9 Å². The zero-order valence-corrected chi connectivity index (χ0v) is 12.2.